The fourth-order valence-electron chi connectivity index (χ4n) is 2.93. The largest absolute Gasteiger partial charge is 0.394 e. The van der Waals surface area contributed by atoms with E-state index in [0.29, 0.717) is 0 Å². The normalized spacial score (nSPS) is 31.9. The summed E-state index contributed by atoms with van der Waals surface area (Å²) >= 11 is 0. The molecule has 3 rings (SSSR count). The second-order valence-electron chi connectivity index (χ2n) is 6.32. The van der Waals surface area contributed by atoms with E-state index in [1.165, 1.54) is 0 Å². The Labute approximate surface area is 152 Å². The molecule has 2 heterocycles. The molecule has 0 unspecified atom stereocenters. The van der Waals surface area contributed by atoms with Crippen LogP contribution in [0, 0.1) is 0 Å². The van der Waals surface area contributed by atoms with Crippen molar-refractivity contribution in [2.24, 2.45) is 10.7 Å². The van der Waals surface area contributed by atoms with Gasteiger partial charge in [0.15, 0.2) is 18.0 Å². The number of fused-ring (bicyclic) bond motifs is 1. The standard InChI is InChI=1S/C16H23N3O5.ClH/c1-16(2)23-13-11(21)12(22-14(13)24-16)10(8-20)19-15(17)18-9-6-4-3-5-7-9;/h3-7,10-14,20-21H,8H2,1-2H3,(H3,17,18,19);1H/t10-,11-,12+,13+,14+;/m0./s1. The molecule has 2 fully saturated rings. The molecule has 2 aliphatic rings. The highest BCUT2D eigenvalue weighted by Crippen LogP contribution is 2.38. The lowest BCUT2D eigenvalue weighted by Gasteiger charge is -2.26. The second kappa shape index (κ2) is 7.86. The van der Waals surface area contributed by atoms with Crippen LogP contribution in [0.4, 0.5) is 5.69 Å². The van der Waals surface area contributed by atoms with E-state index in [2.05, 4.69) is 10.3 Å². The fraction of sp³-hybridized carbons (Fsp3) is 0.562. The topological polar surface area (TPSA) is 119 Å². The summed E-state index contributed by atoms with van der Waals surface area (Å²) in [4.78, 5) is 4.22. The Kier molecular flexibility index (Phi) is 6.26. The van der Waals surface area contributed by atoms with Crippen LogP contribution in [0.1, 0.15) is 13.8 Å². The van der Waals surface area contributed by atoms with Crippen molar-refractivity contribution in [3.05, 3.63) is 30.3 Å². The van der Waals surface area contributed by atoms with Crippen molar-refractivity contribution >= 4 is 24.1 Å². The van der Waals surface area contributed by atoms with Crippen molar-refractivity contribution in [1.29, 1.82) is 0 Å². The number of anilines is 1. The number of nitrogens with two attached hydrogens (primary N) is 1. The Morgan fingerprint density at radius 1 is 1.32 bits per heavy atom. The number of nitrogens with zero attached hydrogens (tertiary/aromatic N) is 1. The van der Waals surface area contributed by atoms with Crippen molar-refractivity contribution in [3.63, 3.8) is 0 Å². The minimum atomic E-state index is -0.970. The van der Waals surface area contributed by atoms with E-state index in [9.17, 15) is 10.2 Å². The van der Waals surface area contributed by atoms with Gasteiger partial charge in [0.25, 0.3) is 0 Å². The monoisotopic (exact) mass is 373 g/mol. The Morgan fingerprint density at radius 2 is 2.00 bits per heavy atom. The maximum atomic E-state index is 10.4. The third kappa shape index (κ3) is 4.41. The molecule has 0 aromatic heterocycles. The summed E-state index contributed by atoms with van der Waals surface area (Å²) in [5, 5.41) is 23.0. The summed E-state index contributed by atoms with van der Waals surface area (Å²) in [7, 11) is 0. The van der Waals surface area contributed by atoms with Crippen molar-refractivity contribution in [2.45, 2.75) is 50.3 Å². The molecule has 1 aromatic rings. The van der Waals surface area contributed by atoms with Gasteiger partial charge in [-0.3, -0.25) is 0 Å². The molecule has 1 aromatic carbocycles. The van der Waals surface area contributed by atoms with Crippen LogP contribution in [0.25, 0.3) is 0 Å². The van der Waals surface area contributed by atoms with Gasteiger partial charge in [0.1, 0.15) is 24.4 Å². The number of rotatable bonds is 4. The number of hydrogen-bond acceptors (Lipinski definition) is 6. The van der Waals surface area contributed by atoms with Gasteiger partial charge in [-0.05, 0) is 26.0 Å². The summed E-state index contributed by atoms with van der Waals surface area (Å²) in [5.41, 5.74) is 6.65. The van der Waals surface area contributed by atoms with E-state index in [-0.39, 0.29) is 25.0 Å². The van der Waals surface area contributed by atoms with Gasteiger partial charge in [0, 0.05) is 5.69 Å². The average molecular weight is 374 g/mol. The lowest BCUT2D eigenvalue weighted by Crippen LogP contribution is -2.43. The van der Waals surface area contributed by atoms with Crippen LogP contribution in [-0.4, -0.2) is 59.2 Å². The number of ether oxygens (including phenoxy) is 3. The van der Waals surface area contributed by atoms with E-state index < -0.39 is 36.4 Å². The molecular formula is C16H24ClN3O5. The molecule has 9 heteroatoms. The van der Waals surface area contributed by atoms with Gasteiger partial charge < -0.3 is 35.5 Å². The van der Waals surface area contributed by atoms with Crippen molar-refractivity contribution in [1.82, 2.24) is 0 Å². The van der Waals surface area contributed by atoms with E-state index in [1.54, 1.807) is 13.8 Å². The zero-order chi connectivity index (χ0) is 17.3. The van der Waals surface area contributed by atoms with E-state index in [1.807, 2.05) is 30.3 Å². The summed E-state index contributed by atoms with van der Waals surface area (Å²) in [6, 6.07) is 8.55. The number of aliphatic hydroxyl groups excluding tert-OH is 2. The summed E-state index contributed by atoms with van der Waals surface area (Å²) in [6.45, 7) is 3.17. The molecular weight excluding hydrogens is 350 g/mol. The molecule has 0 aliphatic carbocycles. The van der Waals surface area contributed by atoms with Crippen LogP contribution in [0.3, 0.4) is 0 Å². The third-order valence-electron chi connectivity index (χ3n) is 3.97. The molecule has 0 amide bonds. The smallest absolute Gasteiger partial charge is 0.193 e. The SMILES string of the molecule is CC1(C)O[C@H]2O[C@H]([C@H](CO)N=C(N)Nc3ccccc3)[C@H](O)[C@H]2O1.Cl. The van der Waals surface area contributed by atoms with Crippen LogP contribution >= 0.6 is 12.4 Å². The van der Waals surface area contributed by atoms with Crippen molar-refractivity contribution in [3.8, 4) is 0 Å². The summed E-state index contributed by atoms with van der Waals surface area (Å²) < 4.78 is 16.9. The predicted octanol–water partition coefficient (Wildman–Crippen LogP) is 0.433. The van der Waals surface area contributed by atoms with Gasteiger partial charge in [-0.15, -0.1) is 12.4 Å². The van der Waals surface area contributed by atoms with Crippen LogP contribution in [0.15, 0.2) is 35.3 Å². The first kappa shape index (κ1) is 19.9. The number of aliphatic hydroxyl groups is 2. The third-order valence-corrected chi connectivity index (χ3v) is 3.97. The van der Waals surface area contributed by atoms with Gasteiger partial charge in [-0.2, -0.15) is 0 Å². The molecule has 8 nitrogen and oxygen atoms in total. The Hall–Kier alpha value is -1.42. The van der Waals surface area contributed by atoms with Crippen LogP contribution in [0.5, 0.6) is 0 Å². The molecule has 2 saturated heterocycles. The number of nitrogens with one attached hydrogen (secondary N) is 1. The molecule has 5 N–H and O–H groups in total. The highest BCUT2D eigenvalue weighted by molar-refractivity contribution is 5.92. The first-order valence-electron chi connectivity index (χ1n) is 7.85. The minimum Gasteiger partial charge on any atom is -0.394 e. The lowest BCUT2D eigenvalue weighted by molar-refractivity contribution is -0.217. The van der Waals surface area contributed by atoms with E-state index >= 15 is 0 Å². The molecule has 0 radical (unpaired) electrons. The molecule has 0 saturated carbocycles. The number of guanidine groups is 1. The van der Waals surface area contributed by atoms with E-state index in [4.69, 9.17) is 19.9 Å². The molecule has 2 aliphatic heterocycles. The molecule has 25 heavy (non-hydrogen) atoms. The Balaban J connectivity index is 0.00000225. The van der Waals surface area contributed by atoms with Gasteiger partial charge in [-0.1, -0.05) is 18.2 Å². The summed E-state index contributed by atoms with van der Waals surface area (Å²) in [5.74, 6) is -0.692. The molecule has 0 bridgehead atoms. The quantitative estimate of drug-likeness (QED) is 0.446. The first-order valence-corrected chi connectivity index (χ1v) is 7.85. The number of hydrogen-bond donors (Lipinski definition) is 4. The van der Waals surface area contributed by atoms with Gasteiger partial charge >= 0.3 is 0 Å². The zero-order valence-corrected chi connectivity index (χ0v) is 14.8. The number of para-hydroxylation sites is 1. The van der Waals surface area contributed by atoms with Crippen molar-refractivity contribution in [2.75, 3.05) is 11.9 Å². The first-order chi connectivity index (χ1) is 11.4. The number of halogens is 1. The van der Waals surface area contributed by atoms with Gasteiger partial charge in [0.05, 0.1) is 6.61 Å². The highest BCUT2D eigenvalue weighted by Gasteiger charge is 2.56. The van der Waals surface area contributed by atoms with E-state index in [0.717, 1.165) is 5.69 Å². The van der Waals surface area contributed by atoms with Crippen LogP contribution in [0.2, 0.25) is 0 Å². The second-order valence-corrected chi connectivity index (χ2v) is 6.32. The predicted molar refractivity (Wildman–Crippen MR) is 94.5 cm³/mol. The zero-order valence-electron chi connectivity index (χ0n) is 14.0. The van der Waals surface area contributed by atoms with Crippen LogP contribution in [-0.2, 0) is 14.2 Å². The van der Waals surface area contributed by atoms with Gasteiger partial charge in [0.2, 0.25) is 0 Å². The maximum Gasteiger partial charge on any atom is 0.193 e. The maximum absolute atomic E-state index is 10.4. The van der Waals surface area contributed by atoms with Crippen LogP contribution < -0.4 is 11.1 Å². The minimum absolute atomic E-state index is 0. The molecule has 140 valence electrons. The average Bonchev–Trinajstić information content (AvgIpc) is 2.99. The Bertz CT molecular complexity index is 601. The van der Waals surface area contributed by atoms with Gasteiger partial charge in [-0.25, -0.2) is 4.99 Å². The number of benzene rings is 1. The lowest BCUT2D eigenvalue weighted by atomic mass is 10.0. The highest BCUT2D eigenvalue weighted by atomic mass is 35.5. The van der Waals surface area contributed by atoms with Crippen molar-refractivity contribution < 1.29 is 24.4 Å². The molecule has 0 spiro atoms. The Morgan fingerprint density at radius 3 is 2.60 bits per heavy atom. The molecule has 5 atom stereocenters. The fourth-order valence-corrected chi connectivity index (χ4v) is 2.93. The number of aliphatic imine (C=N–C) groups is 1. The summed E-state index contributed by atoms with van der Waals surface area (Å²) in [6.07, 6.45) is -3.04.